The van der Waals surface area contributed by atoms with Gasteiger partial charge in [0.25, 0.3) is 5.69 Å². The first-order valence-electron chi connectivity index (χ1n) is 5.98. The molecule has 0 aromatic heterocycles. The number of nitrogens with zero attached hydrogens (tertiary/aromatic N) is 1. The molecular weight excluding hydrogens is 280 g/mol. The lowest BCUT2D eigenvalue weighted by molar-refractivity contribution is -0.385. The van der Waals surface area contributed by atoms with Gasteiger partial charge in [-0.3, -0.25) is 10.1 Å². The van der Waals surface area contributed by atoms with E-state index in [9.17, 15) is 15.2 Å². The molecule has 0 amide bonds. The van der Waals surface area contributed by atoms with Gasteiger partial charge in [0.05, 0.1) is 9.95 Å². The molecule has 0 atom stereocenters. The fourth-order valence-corrected chi connectivity index (χ4v) is 2.04. The number of benzene rings is 2. The van der Waals surface area contributed by atoms with E-state index in [1.807, 2.05) is 0 Å². The van der Waals surface area contributed by atoms with Crippen LogP contribution in [-0.4, -0.2) is 10.0 Å². The van der Waals surface area contributed by atoms with Crippen LogP contribution in [0.25, 0.3) is 0 Å². The summed E-state index contributed by atoms with van der Waals surface area (Å²) in [5.41, 5.74) is 1.62. The number of nitrogens with one attached hydrogen (secondary N) is 1. The summed E-state index contributed by atoms with van der Waals surface area (Å²) in [6.07, 6.45) is 0. The van der Waals surface area contributed by atoms with Crippen LogP contribution in [0.5, 0.6) is 5.75 Å². The number of para-hydroxylation sites is 1. The molecule has 0 aliphatic rings. The molecule has 0 saturated carbocycles. The first-order valence-corrected chi connectivity index (χ1v) is 6.36. The summed E-state index contributed by atoms with van der Waals surface area (Å²) < 4.78 is 0. The van der Waals surface area contributed by atoms with Crippen molar-refractivity contribution >= 4 is 17.3 Å². The topological polar surface area (TPSA) is 75.4 Å². The number of rotatable bonds is 5. The van der Waals surface area contributed by atoms with Crippen molar-refractivity contribution < 1.29 is 10.0 Å². The molecule has 5 nitrogen and oxygen atoms in total. The van der Waals surface area contributed by atoms with Crippen LogP contribution in [0.3, 0.4) is 0 Å². The highest BCUT2D eigenvalue weighted by molar-refractivity contribution is 6.32. The highest BCUT2D eigenvalue weighted by Crippen LogP contribution is 2.23. The Bertz CT molecular complexity index is 632. The maximum absolute atomic E-state index is 10.9. The van der Waals surface area contributed by atoms with Gasteiger partial charge >= 0.3 is 0 Å². The smallest absolute Gasteiger partial charge is 0.273 e. The van der Waals surface area contributed by atoms with Crippen molar-refractivity contribution in [1.82, 2.24) is 5.32 Å². The van der Waals surface area contributed by atoms with Crippen molar-refractivity contribution in [2.45, 2.75) is 13.1 Å². The number of nitro benzene ring substituents is 1. The lowest BCUT2D eigenvalue weighted by Gasteiger charge is -2.07. The molecule has 0 unspecified atom stereocenters. The fraction of sp³-hybridized carbons (Fsp3) is 0.143. The molecule has 0 fully saturated rings. The van der Waals surface area contributed by atoms with Crippen LogP contribution in [-0.2, 0) is 13.1 Å². The molecule has 0 heterocycles. The van der Waals surface area contributed by atoms with Crippen LogP contribution in [0.4, 0.5) is 5.69 Å². The van der Waals surface area contributed by atoms with Gasteiger partial charge in [0.15, 0.2) is 0 Å². The standard InChI is InChI=1S/C14H13ClN2O3/c15-12-7-10(5-6-14(12)18)8-16-9-11-3-1-2-4-13(11)17(19)20/h1-7,16,18H,8-9H2. The van der Waals surface area contributed by atoms with Crippen LogP contribution in [0.15, 0.2) is 42.5 Å². The highest BCUT2D eigenvalue weighted by atomic mass is 35.5. The van der Waals surface area contributed by atoms with Gasteiger partial charge < -0.3 is 10.4 Å². The minimum absolute atomic E-state index is 0.0362. The van der Waals surface area contributed by atoms with Crippen LogP contribution in [0.1, 0.15) is 11.1 Å². The molecule has 2 N–H and O–H groups in total. The Morgan fingerprint density at radius 2 is 1.95 bits per heavy atom. The molecule has 2 rings (SSSR count). The van der Waals surface area contributed by atoms with E-state index < -0.39 is 4.92 Å². The normalized spacial score (nSPS) is 10.4. The lowest BCUT2D eigenvalue weighted by atomic mass is 10.1. The summed E-state index contributed by atoms with van der Waals surface area (Å²) in [5.74, 6) is 0.0362. The summed E-state index contributed by atoms with van der Waals surface area (Å²) >= 11 is 5.81. The second-order valence-corrected chi connectivity index (χ2v) is 4.68. The van der Waals surface area contributed by atoms with E-state index in [0.29, 0.717) is 18.7 Å². The summed E-state index contributed by atoms with van der Waals surface area (Å²) in [4.78, 5) is 10.5. The van der Waals surface area contributed by atoms with Crippen molar-refractivity contribution in [3.05, 3.63) is 68.7 Å². The van der Waals surface area contributed by atoms with E-state index in [1.54, 1.807) is 30.3 Å². The maximum Gasteiger partial charge on any atom is 0.273 e. The van der Waals surface area contributed by atoms with Crippen molar-refractivity contribution in [3.63, 3.8) is 0 Å². The molecule has 20 heavy (non-hydrogen) atoms. The van der Waals surface area contributed by atoms with E-state index in [2.05, 4.69) is 5.32 Å². The molecular formula is C14H13ClN2O3. The molecule has 0 bridgehead atoms. The zero-order valence-corrected chi connectivity index (χ0v) is 11.3. The van der Waals surface area contributed by atoms with E-state index in [1.165, 1.54) is 12.1 Å². The maximum atomic E-state index is 10.9. The van der Waals surface area contributed by atoms with Gasteiger partial charge in [-0.15, -0.1) is 0 Å². The van der Waals surface area contributed by atoms with Crippen molar-refractivity contribution in [2.75, 3.05) is 0 Å². The Hall–Kier alpha value is -2.11. The number of aromatic hydroxyl groups is 1. The van der Waals surface area contributed by atoms with Gasteiger partial charge in [0.2, 0.25) is 0 Å². The van der Waals surface area contributed by atoms with Gasteiger partial charge in [-0.05, 0) is 17.7 Å². The van der Waals surface area contributed by atoms with Gasteiger partial charge in [0, 0.05) is 24.7 Å². The lowest BCUT2D eigenvalue weighted by Crippen LogP contribution is -2.13. The molecule has 0 aliphatic heterocycles. The van der Waals surface area contributed by atoms with Crippen molar-refractivity contribution in [2.24, 2.45) is 0 Å². The van der Waals surface area contributed by atoms with E-state index in [0.717, 1.165) is 5.56 Å². The van der Waals surface area contributed by atoms with Crippen LogP contribution < -0.4 is 5.32 Å². The molecule has 0 saturated heterocycles. The number of phenols is 1. The third-order valence-electron chi connectivity index (χ3n) is 2.84. The fourth-order valence-electron chi connectivity index (χ4n) is 1.84. The monoisotopic (exact) mass is 292 g/mol. The quantitative estimate of drug-likeness (QED) is 0.655. The average molecular weight is 293 g/mol. The first kappa shape index (κ1) is 14.3. The zero-order valence-electron chi connectivity index (χ0n) is 10.5. The molecule has 0 spiro atoms. The van der Waals surface area contributed by atoms with E-state index >= 15 is 0 Å². The minimum Gasteiger partial charge on any atom is -0.506 e. The average Bonchev–Trinajstić information content (AvgIpc) is 2.43. The van der Waals surface area contributed by atoms with Crippen molar-refractivity contribution in [1.29, 1.82) is 0 Å². The predicted octanol–water partition coefficient (Wildman–Crippen LogP) is 3.24. The SMILES string of the molecule is O=[N+]([O-])c1ccccc1CNCc1ccc(O)c(Cl)c1. The van der Waals surface area contributed by atoms with E-state index in [4.69, 9.17) is 11.6 Å². The summed E-state index contributed by atoms with van der Waals surface area (Å²) in [7, 11) is 0. The predicted molar refractivity (Wildman–Crippen MR) is 76.8 cm³/mol. The highest BCUT2D eigenvalue weighted by Gasteiger charge is 2.11. The molecule has 2 aromatic rings. The van der Waals surface area contributed by atoms with Crippen LogP contribution >= 0.6 is 11.6 Å². The van der Waals surface area contributed by atoms with Crippen molar-refractivity contribution in [3.8, 4) is 5.75 Å². The molecule has 0 radical (unpaired) electrons. The number of nitro groups is 1. The number of hydrogen-bond donors (Lipinski definition) is 2. The van der Waals surface area contributed by atoms with Gasteiger partial charge in [-0.1, -0.05) is 35.9 Å². The molecule has 6 heteroatoms. The zero-order chi connectivity index (χ0) is 14.5. The second kappa shape index (κ2) is 6.36. The Labute approximate surface area is 121 Å². The largest absolute Gasteiger partial charge is 0.506 e. The van der Waals surface area contributed by atoms with Gasteiger partial charge in [0.1, 0.15) is 5.75 Å². The summed E-state index contributed by atoms with van der Waals surface area (Å²) in [5, 5.41) is 23.6. The summed E-state index contributed by atoms with van der Waals surface area (Å²) in [6.45, 7) is 0.891. The van der Waals surface area contributed by atoms with Crippen LogP contribution in [0.2, 0.25) is 5.02 Å². The Morgan fingerprint density at radius 3 is 2.65 bits per heavy atom. The first-order chi connectivity index (χ1) is 9.58. The van der Waals surface area contributed by atoms with Crippen LogP contribution in [0, 0.1) is 10.1 Å². The van der Waals surface area contributed by atoms with Gasteiger partial charge in [-0.25, -0.2) is 0 Å². The minimum atomic E-state index is -0.394. The molecule has 2 aromatic carbocycles. The second-order valence-electron chi connectivity index (χ2n) is 4.28. The third kappa shape index (κ3) is 3.46. The van der Waals surface area contributed by atoms with Gasteiger partial charge in [-0.2, -0.15) is 0 Å². The Kier molecular flexibility index (Phi) is 4.55. The number of hydrogen-bond acceptors (Lipinski definition) is 4. The Morgan fingerprint density at radius 1 is 1.20 bits per heavy atom. The third-order valence-corrected chi connectivity index (χ3v) is 3.15. The molecule has 104 valence electrons. The Balaban J connectivity index is 1.99. The number of phenolic OH excluding ortho intramolecular Hbond substituents is 1. The number of halogens is 1. The molecule has 0 aliphatic carbocycles. The van der Waals surface area contributed by atoms with E-state index in [-0.39, 0.29) is 16.5 Å². The summed E-state index contributed by atoms with van der Waals surface area (Å²) in [6, 6.07) is 11.5.